The molecule has 5 heteroatoms. The second-order valence-electron chi connectivity index (χ2n) is 8.34. The molecule has 1 saturated heterocycles. The summed E-state index contributed by atoms with van der Waals surface area (Å²) in [6.45, 7) is 9.83. The van der Waals surface area contributed by atoms with E-state index in [0.717, 1.165) is 19.6 Å². The van der Waals surface area contributed by atoms with Gasteiger partial charge < -0.3 is 10.2 Å². The van der Waals surface area contributed by atoms with Gasteiger partial charge in [-0.2, -0.15) is 0 Å². The fraction of sp³-hybridized carbons (Fsp3) is 0.391. The summed E-state index contributed by atoms with van der Waals surface area (Å²) in [5, 5.41) is 2.94. The van der Waals surface area contributed by atoms with Gasteiger partial charge in [0, 0.05) is 49.4 Å². The lowest BCUT2D eigenvalue weighted by atomic mass is 10.1. The van der Waals surface area contributed by atoms with Crippen LogP contribution in [-0.4, -0.2) is 53.3 Å². The second-order valence-corrected chi connectivity index (χ2v) is 8.34. The van der Waals surface area contributed by atoms with Crippen LogP contribution in [0, 0.1) is 0 Å². The second kappa shape index (κ2) is 8.57. The highest BCUT2D eigenvalue weighted by Gasteiger charge is 2.23. The summed E-state index contributed by atoms with van der Waals surface area (Å²) in [7, 11) is 0. The Hall–Kier alpha value is -2.66. The molecular weight excluding hydrogens is 350 g/mol. The van der Waals surface area contributed by atoms with Gasteiger partial charge in [0.2, 0.25) is 0 Å². The summed E-state index contributed by atoms with van der Waals surface area (Å²) in [5.74, 6) is -0.167. The Bertz CT molecular complexity index is 819. The summed E-state index contributed by atoms with van der Waals surface area (Å²) in [6.07, 6.45) is 0. The van der Waals surface area contributed by atoms with E-state index in [1.165, 1.54) is 5.56 Å². The summed E-state index contributed by atoms with van der Waals surface area (Å²) in [6, 6.07) is 17.4. The van der Waals surface area contributed by atoms with Crippen LogP contribution in [0.25, 0.3) is 0 Å². The Balaban J connectivity index is 1.59. The van der Waals surface area contributed by atoms with Crippen molar-refractivity contribution >= 4 is 11.8 Å². The smallest absolute Gasteiger partial charge is 0.253 e. The molecule has 2 aromatic carbocycles. The van der Waals surface area contributed by atoms with Gasteiger partial charge in [0.25, 0.3) is 11.8 Å². The Morgan fingerprint density at radius 3 is 2.18 bits per heavy atom. The molecule has 1 fully saturated rings. The van der Waals surface area contributed by atoms with E-state index in [1.54, 1.807) is 24.3 Å². The Morgan fingerprint density at radius 2 is 1.54 bits per heavy atom. The quantitative estimate of drug-likeness (QED) is 0.888. The number of nitrogens with one attached hydrogen (secondary N) is 1. The van der Waals surface area contributed by atoms with Gasteiger partial charge in [-0.05, 0) is 44.5 Å². The molecule has 0 aliphatic carbocycles. The molecule has 0 radical (unpaired) electrons. The zero-order valence-electron chi connectivity index (χ0n) is 16.9. The topological polar surface area (TPSA) is 52.7 Å². The molecule has 1 N–H and O–H groups in total. The zero-order valence-corrected chi connectivity index (χ0v) is 16.9. The summed E-state index contributed by atoms with van der Waals surface area (Å²) in [4.78, 5) is 29.5. The molecule has 2 aromatic rings. The van der Waals surface area contributed by atoms with Crippen LogP contribution in [0.2, 0.25) is 0 Å². The molecular formula is C23H29N3O2. The van der Waals surface area contributed by atoms with E-state index in [1.807, 2.05) is 31.7 Å². The lowest BCUT2D eigenvalue weighted by molar-refractivity contribution is 0.0628. The standard InChI is InChI=1S/C23H29N3O2/c1-23(2,3)24-21(27)19-10-7-11-20(16-19)22(28)26-14-12-25(13-15-26)17-18-8-5-4-6-9-18/h4-11,16H,12-15,17H2,1-3H3,(H,24,27). The van der Waals surface area contributed by atoms with Gasteiger partial charge in [0.1, 0.15) is 0 Å². The maximum atomic E-state index is 12.9. The molecule has 0 atom stereocenters. The minimum atomic E-state index is -0.313. The number of hydrogen-bond donors (Lipinski definition) is 1. The maximum Gasteiger partial charge on any atom is 0.253 e. The Morgan fingerprint density at radius 1 is 0.893 bits per heavy atom. The van der Waals surface area contributed by atoms with Crippen LogP contribution in [0.4, 0.5) is 0 Å². The molecule has 5 nitrogen and oxygen atoms in total. The maximum absolute atomic E-state index is 12.9. The van der Waals surface area contributed by atoms with Crippen LogP contribution < -0.4 is 5.32 Å². The van der Waals surface area contributed by atoms with Crippen molar-refractivity contribution < 1.29 is 9.59 Å². The van der Waals surface area contributed by atoms with E-state index >= 15 is 0 Å². The first-order chi connectivity index (χ1) is 13.3. The van der Waals surface area contributed by atoms with Gasteiger partial charge in [-0.25, -0.2) is 0 Å². The summed E-state index contributed by atoms with van der Waals surface area (Å²) < 4.78 is 0. The fourth-order valence-electron chi connectivity index (χ4n) is 3.34. The van der Waals surface area contributed by atoms with Crippen molar-refractivity contribution in [3.63, 3.8) is 0 Å². The number of amides is 2. The first kappa shape index (κ1) is 20.1. The summed E-state index contributed by atoms with van der Waals surface area (Å²) >= 11 is 0. The molecule has 148 valence electrons. The van der Waals surface area contributed by atoms with Gasteiger partial charge in [-0.15, -0.1) is 0 Å². The van der Waals surface area contributed by atoms with Crippen molar-refractivity contribution in [2.75, 3.05) is 26.2 Å². The average molecular weight is 380 g/mol. The minimum Gasteiger partial charge on any atom is -0.347 e. The van der Waals surface area contributed by atoms with Crippen LogP contribution in [0.15, 0.2) is 54.6 Å². The Kier molecular flexibility index (Phi) is 6.15. The fourth-order valence-corrected chi connectivity index (χ4v) is 3.34. The zero-order chi connectivity index (χ0) is 20.1. The van der Waals surface area contributed by atoms with Gasteiger partial charge in [0.05, 0.1) is 0 Å². The van der Waals surface area contributed by atoms with Crippen molar-refractivity contribution in [2.45, 2.75) is 32.9 Å². The van der Waals surface area contributed by atoms with Crippen LogP contribution >= 0.6 is 0 Å². The molecule has 2 amide bonds. The third kappa shape index (κ3) is 5.42. The van der Waals surface area contributed by atoms with Gasteiger partial charge in [-0.3, -0.25) is 14.5 Å². The van der Waals surface area contributed by atoms with Crippen LogP contribution in [0.1, 0.15) is 47.1 Å². The van der Waals surface area contributed by atoms with Gasteiger partial charge >= 0.3 is 0 Å². The molecule has 0 bridgehead atoms. The van der Waals surface area contributed by atoms with E-state index in [0.29, 0.717) is 24.2 Å². The van der Waals surface area contributed by atoms with Crippen molar-refractivity contribution in [1.82, 2.24) is 15.1 Å². The molecule has 1 heterocycles. The van der Waals surface area contributed by atoms with E-state index in [9.17, 15) is 9.59 Å². The summed E-state index contributed by atoms with van der Waals surface area (Å²) in [5.41, 5.74) is 2.06. The Labute approximate surface area is 167 Å². The van der Waals surface area contributed by atoms with E-state index in [4.69, 9.17) is 0 Å². The van der Waals surface area contributed by atoms with Gasteiger partial charge in [-0.1, -0.05) is 36.4 Å². The molecule has 0 aromatic heterocycles. The van der Waals surface area contributed by atoms with Crippen LogP contribution in [-0.2, 0) is 6.54 Å². The minimum absolute atomic E-state index is 0.00947. The van der Waals surface area contributed by atoms with Crippen LogP contribution in [0.3, 0.4) is 0 Å². The van der Waals surface area contributed by atoms with E-state index in [2.05, 4.69) is 34.5 Å². The van der Waals surface area contributed by atoms with Crippen LogP contribution in [0.5, 0.6) is 0 Å². The highest BCUT2D eigenvalue weighted by molar-refractivity contribution is 5.99. The number of piperazine rings is 1. The normalized spacial score (nSPS) is 15.3. The highest BCUT2D eigenvalue weighted by atomic mass is 16.2. The van der Waals surface area contributed by atoms with Crippen molar-refractivity contribution in [3.05, 3.63) is 71.3 Å². The molecule has 1 aliphatic rings. The number of carbonyl (C=O) groups is 2. The predicted molar refractivity (Wildman–Crippen MR) is 111 cm³/mol. The van der Waals surface area contributed by atoms with Gasteiger partial charge in [0.15, 0.2) is 0 Å². The lowest BCUT2D eigenvalue weighted by Gasteiger charge is -2.34. The molecule has 0 spiro atoms. The molecule has 3 rings (SSSR count). The monoisotopic (exact) mass is 379 g/mol. The SMILES string of the molecule is CC(C)(C)NC(=O)c1cccc(C(=O)N2CCN(Cc3ccccc3)CC2)c1. The van der Waals surface area contributed by atoms with E-state index in [-0.39, 0.29) is 17.4 Å². The number of benzene rings is 2. The lowest BCUT2D eigenvalue weighted by Crippen LogP contribution is -2.48. The largest absolute Gasteiger partial charge is 0.347 e. The predicted octanol–water partition coefficient (Wildman–Crippen LogP) is 3.17. The van der Waals surface area contributed by atoms with Crippen molar-refractivity contribution in [3.8, 4) is 0 Å². The third-order valence-corrected chi connectivity index (χ3v) is 4.77. The first-order valence-corrected chi connectivity index (χ1v) is 9.80. The number of carbonyl (C=O) groups excluding carboxylic acids is 2. The molecule has 28 heavy (non-hydrogen) atoms. The average Bonchev–Trinajstić information content (AvgIpc) is 2.68. The van der Waals surface area contributed by atoms with Crippen molar-refractivity contribution in [1.29, 1.82) is 0 Å². The molecule has 0 saturated carbocycles. The number of nitrogens with zero attached hydrogens (tertiary/aromatic N) is 2. The molecule has 0 unspecified atom stereocenters. The number of hydrogen-bond acceptors (Lipinski definition) is 3. The first-order valence-electron chi connectivity index (χ1n) is 9.80. The highest BCUT2D eigenvalue weighted by Crippen LogP contribution is 2.14. The third-order valence-electron chi connectivity index (χ3n) is 4.77. The van der Waals surface area contributed by atoms with Crippen molar-refractivity contribution in [2.24, 2.45) is 0 Å². The number of rotatable bonds is 4. The van der Waals surface area contributed by atoms with E-state index < -0.39 is 0 Å². The molecule has 1 aliphatic heterocycles.